The molecule has 1 heterocycles. The van der Waals surface area contributed by atoms with Gasteiger partial charge in [-0.2, -0.15) is 0 Å². The van der Waals surface area contributed by atoms with E-state index in [1.54, 1.807) is 54.2 Å². The van der Waals surface area contributed by atoms with Gasteiger partial charge in [0.25, 0.3) is 0 Å². The Morgan fingerprint density at radius 2 is 1.83 bits per heavy atom. The Morgan fingerprint density at radius 3 is 2.43 bits per heavy atom. The van der Waals surface area contributed by atoms with Gasteiger partial charge in [0.05, 0.1) is 0 Å². The second kappa shape index (κ2) is 7.80. The number of nitrogens with one attached hydrogen (secondary N) is 2. The van der Waals surface area contributed by atoms with Crippen LogP contribution in [0.25, 0.3) is 0 Å². The summed E-state index contributed by atoms with van der Waals surface area (Å²) in [4.78, 5) is 23.4. The summed E-state index contributed by atoms with van der Waals surface area (Å²) in [5.41, 5.74) is 1.49. The number of hydrogen-bond acceptors (Lipinski definition) is 3. The number of halogens is 1. The van der Waals surface area contributed by atoms with Gasteiger partial charge in [0.15, 0.2) is 0 Å². The summed E-state index contributed by atoms with van der Waals surface area (Å²) in [7, 11) is 1.79. The zero-order valence-electron chi connectivity index (χ0n) is 12.6. The highest BCUT2D eigenvalue weighted by Crippen LogP contribution is 2.11. The summed E-state index contributed by atoms with van der Waals surface area (Å²) < 4.78 is 1.75. The molecule has 0 saturated carbocycles. The first-order valence-electron chi connectivity index (χ1n) is 7.07. The fourth-order valence-corrected chi connectivity index (χ4v) is 2.19. The van der Waals surface area contributed by atoms with Crippen molar-refractivity contribution >= 4 is 23.4 Å². The number of carbonyl (C=O) groups is 2. The van der Waals surface area contributed by atoms with Crippen LogP contribution in [0.2, 0.25) is 5.02 Å². The summed E-state index contributed by atoms with van der Waals surface area (Å²) in [6.45, 7) is 0.189. The number of aliphatic hydroxyl groups is 1. The zero-order chi connectivity index (χ0) is 16.8. The molecule has 1 aromatic heterocycles. The lowest BCUT2D eigenvalue weighted by atomic mass is 10.2. The van der Waals surface area contributed by atoms with Gasteiger partial charge in [0.1, 0.15) is 6.10 Å². The van der Waals surface area contributed by atoms with Crippen LogP contribution in [-0.2, 0) is 23.2 Å². The van der Waals surface area contributed by atoms with Crippen LogP contribution in [0.3, 0.4) is 0 Å². The standard InChI is InChI=1S/C16H18ClN3O3/c1-20-8-2-3-13(20)14(21)10-19-16(23)15(22)18-9-11-4-6-12(17)7-5-11/h2-8,14,21H,9-10H2,1H3,(H,18,22)(H,19,23). The highest BCUT2D eigenvalue weighted by Gasteiger charge is 2.16. The third-order valence-electron chi connectivity index (χ3n) is 3.35. The lowest BCUT2D eigenvalue weighted by molar-refractivity contribution is -0.139. The summed E-state index contributed by atoms with van der Waals surface area (Å²) in [6, 6.07) is 10.5. The monoisotopic (exact) mass is 335 g/mol. The second-order valence-corrected chi connectivity index (χ2v) is 5.52. The quantitative estimate of drug-likeness (QED) is 0.717. The number of aromatic nitrogens is 1. The highest BCUT2D eigenvalue weighted by atomic mass is 35.5. The van der Waals surface area contributed by atoms with Crippen LogP contribution < -0.4 is 10.6 Å². The number of aliphatic hydroxyl groups excluding tert-OH is 1. The molecule has 2 rings (SSSR count). The molecule has 0 aliphatic heterocycles. The summed E-state index contributed by atoms with van der Waals surface area (Å²) >= 11 is 5.77. The maximum atomic E-state index is 11.7. The Bertz CT molecular complexity index is 682. The molecule has 1 aromatic carbocycles. The molecular formula is C16H18ClN3O3. The highest BCUT2D eigenvalue weighted by molar-refractivity contribution is 6.35. The fourth-order valence-electron chi connectivity index (χ4n) is 2.06. The number of rotatable bonds is 5. The molecule has 0 fully saturated rings. The average Bonchev–Trinajstić information content (AvgIpc) is 2.97. The minimum Gasteiger partial charge on any atom is -0.385 e. The third kappa shape index (κ3) is 4.84. The predicted molar refractivity (Wildman–Crippen MR) is 86.7 cm³/mol. The molecule has 0 bridgehead atoms. The van der Waals surface area contributed by atoms with Crippen molar-refractivity contribution in [2.24, 2.45) is 7.05 Å². The van der Waals surface area contributed by atoms with Gasteiger partial charge in [0.2, 0.25) is 0 Å². The molecule has 0 spiro atoms. The van der Waals surface area contributed by atoms with E-state index in [0.717, 1.165) is 5.56 Å². The first-order chi connectivity index (χ1) is 11.0. The molecular weight excluding hydrogens is 318 g/mol. The van der Waals surface area contributed by atoms with Crippen LogP contribution >= 0.6 is 11.6 Å². The van der Waals surface area contributed by atoms with Crippen LogP contribution in [0.4, 0.5) is 0 Å². The molecule has 122 valence electrons. The van der Waals surface area contributed by atoms with Crippen molar-refractivity contribution in [1.29, 1.82) is 0 Å². The van der Waals surface area contributed by atoms with Gasteiger partial charge in [-0.1, -0.05) is 23.7 Å². The Hall–Kier alpha value is -2.31. The molecule has 0 saturated heterocycles. The van der Waals surface area contributed by atoms with Crippen molar-refractivity contribution in [2.75, 3.05) is 6.54 Å². The van der Waals surface area contributed by atoms with Gasteiger partial charge in [-0.05, 0) is 29.8 Å². The van der Waals surface area contributed by atoms with E-state index >= 15 is 0 Å². The molecule has 0 radical (unpaired) electrons. The summed E-state index contributed by atoms with van der Waals surface area (Å²) in [5.74, 6) is -1.54. The van der Waals surface area contributed by atoms with E-state index in [0.29, 0.717) is 10.7 Å². The molecule has 3 N–H and O–H groups in total. The topological polar surface area (TPSA) is 83.4 Å². The zero-order valence-corrected chi connectivity index (χ0v) is 13.4. The van der Waals surface area contributed by atoms with Crippen molar-refractivity contribution in [3.05, 3.63) is 58.9 Å². The van der Waals surface area contributed by atoms with Crippen molar-refractivity contribution < 1.29 is 14.7 Å². The van der Waals surface area contributed by atoms with Crippen LogP contribution in [0.1, 0.15) is 17.4 Å². The van der Waals surface area contributed by atoms with Gasteiger partial charge >= 0.3 is 11.8 Å². The van der Waals surface area contributed by atoms with E-state index in [4.69, 9.17) is 11.6 Å². The van der Waals surface area contributed by atoms with Crippen molar-refractivity contribution in [3.63, 3.8) is 0 Å². The largest absolute Gasteiger partial charge is 0.385 e. The number of hydrogen-bond donors (Lipinski definition) is 3. The Morgan fingerprint density at radius 1 is 1.17 bits per heavy atom. The van der Waals surface area contributed by atoms with E-state index < -0.39 is 17.9 Å². The van der Waals surface area contributed by atoms with Crippen LogP contribution in [0.5, 0.6) is 0 Å². The summed E-state index contributed by atoms with van der Waals surface area (Å²) in [5, 5.41) is 15.5. The second-order valence-electron chi connectivity index (χ2n) is 5.08. The van der Waals surface area contributed by atoms with E-state index in [-0.39, 0.29) is 13.1 Å². The SMILES string of the molecule is Cn1cccc1C(O)CNC(=O)C(=O)NCc1ccc(Cl)cc1. The Balaban J connectivity index is 1.77. The van der Waals surface area contributed by atoms with Gasteiger partial charge < -0.3 is 20.3 Å². The molecule has 0 aliphatic rings. The minimum absolute atomic E-state index is 0.0367. The maximum Gasteiger partial charge on any atom is 0.309 e. The molecule has 23 heavy (non-hydrogen) atoms. The number of nitrogens with zero attached hydrogens (tertiary/aromatic N) is 1. The summed E-state index contributed by atoms with van der Waals surface area (Å²) in [6.07, 6.45) is 0.919. The van der Waals surface area contributed by atoms with E-state index in [9.17, 15) is 14.7 Å². The molecule has 0 aliphatic carbocycles. The number of amides is 2. The maximum absolute atomic E-state index is 11.7. The Labute approximate surface area is 139 Å². The number of benzene rings is 1. The van der Waals surface area contributed by atoms with E-state index in [1.165, 1.54) is 0 Å². The molecule has 7 heteroatoms. The molecule has 1 unspecified atom stereocenters. The minimum atomic E-state index is -0.872. The smallest absolute Gasteiger partial charge is 0.309 e. The normalized spacial score (nSPS) is 11.8. The predicted octanol–water partition coefficient (Wildman–Crippen LogP) is 1.14. The van der Waals surface area contributed by atoms with Gasteiger partial charge in [0, 0.05) is 37.1 Å². The van der Waals surface area contributed by atoms with Gasteiger partial charge in [-0.15, -0.1) is 0 Å². The van der Waals surface area contributed by atoms with Gasteiger partial charge in [-0.3, -0.25) is 9.59 Å². The number of aryl methyl sites for hydroxylation is 1. The number of carbonyl (C=O) groups excluding carboxylic acids is 2. The first-order valence-corrected chi connectivity index (χ1v) is 7.45. The third-order valence-corrected chi connectivity index (χ3v) is 3.61. The lowest BCUT2D eigenvalue weighted by Crippen LogP contribution is -2.41. The molecule has 2 amide bonds. The molecule has 2 aromatic rings. The Kier molecular flexibility index (Phi) is 5.78. The molecule has 6 nitrogen and oxygen atoms in total. The first kappa shape index (κ1) is 17.1. The van der Waals surface area contributed by atoms with Crippen LogP contribution in [0.15, 0.2) is 42.6 Å². The fraction of sp³-hybridized carbons (Fsp3) is 0.250. The molecule has 1 atom stereocenters. The van der Waals surface area contributed by atoms with Gasteiger partial charge in [-0.25, -0.2) is 0 Å². The van der Waals surface area contributed by atoms with Crippen molar-refractivity contribution in [2.45, 2.75) is 12.6 Å². The van der Waals surface area contributed by atoms with E-state index in [2.05, 4.69) is 10.6 Å². The lowest BCUT2D eigenvalue weighted by Gasteiger charge is -2.13. The van der Waals surface area contributed by atoms with E-state index in [1.807, 2.05) is 0 Å². The van der Waals surface area contributed by atoms with Crippen molar-refractivity contribution in [1.82, 2.24) is 15.2 Å². The average molecular weight is 336 g/mol. The van der Waals surface area contributed by atoms with Crippen molar-refractivity contribution in [3.8, 4) is 0 Å². The van der Waals surface area contributed by atoms with Crippen LogP contribution in [-0.4, -0.2) is 28.0 Å². The van der Waals surface area contributed by atoms with Crippen LogP contribution in [0, 0.1) is 0 Å².